The van der Waals surface area contributed by atoms with Crippen molar-refractivity contribution in [1.29, 1.82) is 0 Å². The van der Waals surface area contributed by atoms with E-state index < -0.39 is 0 Å². The molecule has 0 bridgehead atoms. The minimum atomic E-state index is 0.0162. The third kappa shape index (κ3) is 4.96. The molecule has 0 heterocycles. The molecule has 0 aromatic rings. The number of nitrogens with two attached hydrogens (primary N) is 1. The average molecular weight is 215 g/mol. The Bertz CT molecular complexity index is 165. The third-order valence-electron chi connectivity index (χ3n) is 3.06. The molecule has 1 aliphatic rings. The van der Waals surface area contributed by atoms with E-state index in [-0.39, 0.29) is 6.04 Å². The number of ether oxygens (including phenoxy) is 2. The quantitative estimate of drug-likeness (QED) is 0.760. The van der Waals surface area contributed by atoms with Crippen molar-refractivity contribution in [2.45, 2.75) is 45.3 Å². The van der Waals surface area contributed by atoms with Crippen LogP contribution in [0.25, 0.3) is 0 Å². The summed E-state index contributed by atoms with van der Waals surface area (Å²) in [4.78, 5) is 0. The monoisotopic (exact) mass is 215 g/mol. The molecular formula is C12H25NO2. The molecule has 2 N–H and O–H groups in total. The Morgan fingerprint density at radius 3 is 2.27 bits per heavy atom. The van der Waals surface area contributed by atoms with Crippen LogP contribution in [0, 0.1) is 11.8 Å². The van der Waals surface area contributed by atoms with Crippen molar-refractivity contribution in [3.63, 3.8) is 0 Å². The third-order valence-corrected chi connectivity index (χ3v) is 3.06. The highest BCUT2D eigenvalue weighted by Gasteiger charge is 2.24. The van der Waals surface area contributed by atoms with Crippen LogP contribution in [0.15, 0.2) is 0 Å². The van der Waals surface area contributed by atoms with Crippen molar-refractivity contribution in [2.24, 2.45) is 17.6 Å². The molecule has 3 atom stereocenters. The fraction of sp³-hybridized carbons (Fsp3) is 1.00. The van der Waals surface area contributed by atoms with Crippen molar-refractivity contribution in [1.82, 2.24) is 0 Å². The van der Waals surface area contributed by atoms with Crippen LogP contribution in [0.4, 0.5) is 0 Å². The summed E-state index contributed by atoms with van der Waals surface area (Å²) in [7, 11) is 1.67. The SMILES string of the molecule is COCC(N)COC1CC(C)CC(C)C1. The first-order valence-corrected chi connectivity index (χ1v) is 5.98. The van der Waals surface area contributed by atoms with Gasteiger partial charge in [0.1, 0.15) is 0 Å². The lowest BCUT2D eigenvalue weighted by atomic mass is 9.82. The molecule has 1 saturated carbocycles. The van der Waals surface area contributed by atoms with E-state index in [9.17, 15) is 0 Å². The van der Waals surface area contributed by atoms with Gasteiger partial charge in [0, 0.05) is 7.11 Å². The summed E-state index contributed by atoms with van der Waals surface area (Å²) in [5, 5.41) is 0. The van der Waals surface area contributed by atoms with E-state index in [2.05, 4.69) is 13.8 Å². The maximum absolute atomic E-state index is 5.83. The van der Waals surface area contributed by atoms with Crippen LogP contribution in [0.5, 0.6) is 0 Å². The number of methoxy groups -OCH3 is 1. The molecule has 1 fully saturated rings. The van der Waals surface area contributed by atoms with Crippen molar-refractivity contribution >= 4 is 0 Å². The highest BCUT2D eigenvalue weighted by molar-refractivity contribution is 4.75. The zero-order chi connectivity index (χ0) is 11.3. The Morgan fingerprint density at radius 1 is 1.13 bits per heavy atom. The van der Waals surface area contributed by atoms with Crippen LogP contribution < -0.4 is 5.73 Å². The first kappa shape index (κ1) is 12.9. The van der Waals surface area contributed by atoms with Gasteiger partial charge in [0.25, 0.3) is 0 Å². The summed E-state index contributed by atoms with van der Waals surface area (Å²) in [6.45, 7) is 5.82. The molecule has 0 spiro atoms. The van der Waals surface area contributed by atoms with Gasteiger partial charge in [-0.15, -0.1) is 0 Å². The van der Waals surface area contributed by atoms with Gasteiger partial charge in [0.15, 0.2) is 0 Å². The van der Waals surface area contributed by atoms with Gasteiger partial charge in [-0.25, -0.2) is 0 Å². The van der Waals surface area contributed by atoms with E-state index in [1.54, 1.807) is 7.11 Å². The van der Waals surface area contributed by atoms with E-state index in [4.69, 9.17) is 15.2 Å². The fourth-order valence-corrected chi connectivity index (χ4v) is 2.53. The first-order valence-electron chi connectivity index (χ1n) is 5.98. The number of rotatable bonds is 5. The van der Waals surface area contributed by atoms with Gasteiger partial charge in [0.2, 0.25) is 0 Å². The highest BCUT2D eigenvalue weighted by atomic mass is 16.5. The molecule has 3 heteroatoms. The van der Waals surface area contributed by atoms with Crippen LogP contribution in [0.3, 0.4) is 0 Å². The number of hydrogen-bond donors (Lipinski definition) is 1. The molecule has 1 aliphatic carbocycles. The standard InChI is InChI=1S/C12H25NO2/c1-9-4-10(2)6-12(5-9)15-8-11(13)7-14-3/h9-12H,4-8,13H2,1-3H3. The second kappa shape index (κ2) is 6.46. The normalized spacial score (nSPS) is 34.0. The number of hydrogen-bond acceptors (Lipinski definition) is 3. The molecule has 0 radical (unpaired) electrons. The summed E-state index contributed by atoms with van der Waals surface area (Å²) in [5.74, 6) is 1.58. The van der Waals surface area contributed by atoms with Gasteiger partial charge < -0.3 is 15.2 Å². The lowest BCUT2D eigenvalue weighted by molar-refractivity contribution is -0.0129. The molecule has 0 saturated heterocycles. The summed E-state index contributed by atoms with van der Waals surface area (Å²) < 4.78 is 10.8. The minimum absolute atomic E-state index is 0.0162. The average Bonchev–Trinajstić information content (AvgIpc) is 2.14. The molecule has 3 nitrogen and oxygen atoms in total. The molecule has 0 aromatic carbocycles. The van der Waals surface area contributed by atoms with Crippen LogP contribution in [-0.2, 0) is 9.47 Å². The van der Waals surface area contributed by atoms with Crippen molar-refractivity contribution < 1.29 is 9.47 Å². The highest BCUT2D eigenvalue weighted by Crippen LogP contribution is 2.30. The topological polar surface area (TPSA) is 44.5 Å². The van der Waals surface area contributed by atoms with E-state index in [0.29, 0.717) is 19.3 Å². The smallest absolute Gasteiger partial charge is 0.0643 e. The molecule has 0 aliphatic heterocycles. The zero-order valence-corrected chi connectivity index (χ0v) is 10.2. The lowest BCUT2D eigenvalue weighted by Gasteiger charge is -2.31. The van der Waals surface area contributed by atoms with E-state index in [1.807, 2.05) is 0 Å². The lowest BCUT2D eigenvalue weighted by Crippen LogP contribution is -2.35. The van der Waals surface area contributed by atoms with E-state index in [1.165, 1.54) is 19.3 Å². The van der Waals surface area contributed by atoms with Gasteiger partial charge in [0.05, 0.1) is 25.4 Å². The van der Waals surface area contributed by atoms with Crippen LogP contribution in [-0.4, -0.2) is 32.5 Å². The molecule has 15 heavy (non-hydrogen) atoms. The van der Waals surface area contributed by atoms with Crippen LogP contribution >= 0.6 is 0 Å². The maximum Gasteiger partial charge on any atom is 0.0643 e. The Kier molecular flexibility index (Phi) is 5.58. The summed E-state index contributed by atoms with van der Waals surface area (Å²) in [5.41, 5.74) is 5.82. The van der Waals surface area contributed by atoms with Gasteiger partial charge in [-0.05, 0) is 31.1 Å². The molecule has 3 unspecified atom stereocenters. The van der Waals surface area contributed by atoms with Gasteiger partial charge in [-0.3, -0.25) is 0 Å². The van der Waals surface area contributed by atoms with Gasteiger partial charge in [-0.2, -0.15) is 0 Å². The van der Waals surface area contributed by atoms with Crippen molar-refractivity contribution in [3.8, 4) is 0 Å². The summed E-state index contributed by atoms with van der Waals surface area (Å²) in [6, 6.07) is 0.0162. The Labute approximate surface area is 93.3 Å². The molecular weight excluding hydrogens is 190 g/mol. The second-order valence-electron chi connectivity index (χ2n) is 5.09. The Morgan fingerprint density at radius 2 is 1.73 bits per heavy atom. The Hall–Kier alpha value is -0.120. The van der Waals surface area contributed by atoms with Crippen molar-refractivity contribution in [3.05, 3.63) is 0 Å². The van der Waals surface area contributed by atoms with Crippen LogP contribution in [0.1, 0.15) is 33.1 Å². The second-order valence-corrected chi connectivity index (χ2v) is 5.09. The maximum atomic E-state index is 5.83. The van der Waals surface area contributed by atoms with Gasteiger partial charge >= 0.3 is 0 Å². The zero-order valence-electron chi connectivity index (χ0n) is 10.2. The molecule has 0 aromatic heterocycles. The molecule has 90 valence electrons. The van der Waals surface area contributed by atoms with Crippen molar-refractivity contribution in [2.75, 3.05) is 20.3 Å². The molecule has 0 amide bonds. The largest absolute Gasteiger partial charge is 0.383 e. The van der Waals surface area contributed by atoms with Crippen LogP contribution in [0.2, 0.25) is 0 Å². The fourth-order valence-electron chi connectivity index (χ4n) is 2.53. The summed E-state index contributed by atoms with van der Waals surface area (Å²) in [6.07, 6.45) is 4.12. The summed E-state index contributed by atoms with van der Waals surface area (Å²) >= 11 is 0. The Balaban J connectivity index is 2.20. The predicted molar refractivity (Wildman–Crippen MR) is 61.8 cm³/mol. The molecule has 1 rings (SSSR count). The van der Waals surface area contributed by atoms with Gasteiger partial charge in [-0.1, -0.05) is 13.8 Å². The minimum Gasteiger partial charge on any atom is -0.383 e. The first-order chi connectivity index (χ1) is 7.11. The van der Waals surface area contributed by atoms with E-state index in [0.717, 1.165) is 11.8 Å². The predicted octanol–water partition coefficient (Wildman–Crippen LogP) is 1.80. The van der Waals surface area contributed by atoms with E-state index >= 15 is 0 Å².